The van der Waals surface area contributed by atoms with Crippen molar-refractivity contribution in [2.45, 2.75) is 25.8 Å². The number of amides is 2. The minimum atomic E-state index is -0.0656. The monoisotopic (exact) mass is 337 g/mol. The molecule has 0 aromatic heterocycles. The van der Waals surface area contributed by atoms with Crippen LogP contribution >= 0.6 is 15.9 Å². The Balaban J connectivity index is 1.80. The summed E-state index contributed by atoms with van der Waals surface area (Å²) < 4.78 is 6.01. The lowest BCUT2D eigenvalue weighted by atomic mass is 10.00. The summed E-state index contributed by atoms with van der Waals surface area (Å²) >= 11 is 3.42. The first-order valence-corrected chi connectivity index (χ1v) is 7.58. The van der Waals surface area contributed by atoms with E-state index in [0.29, 0.717) is 6.54 Å². The Morgan fingerprint density at radius 1 is 1.25 bits per heavy atom. The first kappa shape index (κ1) is 13.6. The number of hydrogen-bond donors (Lipinski definition) is 0. The number of benzene rings is 1. The van der Waals surface area contributed by atoms with Crippen molar-refractivity contribution in [3.63, 3.8) is 0 Å². The number of carbonyl (C=O) groups excluding carboxylic acids is 2. The van der Waals surface area contributed by atoms with E-state index >= 15 is 0 Å². The predicted octanol–water partition coefficient (Wildman–Crippen LogP) is 2.74. The van der Waals surface area contributed by atoms with Gasteiger partial charge in [0.05, 0.1) is 30.0 Å². The van der Waals surface area contributed by atoms with Gasteiger partial charge in [0, 0.05) is 0 Å². The molecule has 20 heavy (non-hydrogen) atoms. The molecular formula is C15H16BrNO3. The highest BCUT2D eigenvalue weighted by Crippen LogP contribution is 2.40. The van der Waals surface area contributed by atoms with Crippen LogP contribution in [0.5, 0.6) is 5.75 Å². The number of ether oxygens (including phenoxy) is 1. The molecule has 2 amide bonds. The highest BCUT2D eigenvalue weighted by atomic mass is 79.9. The van der Waals surface area contributed by atoms with Gasteiger partial charge in [-0.3, -0.25) is 14.5 Å². The van der Waals surface area contributed by atoms with Gasteiger partial charge in [0.25, 0.3) is 0 Å². The molecule has 0 radical (unpaired) electrons. The van der Waals surface area contributed by atoms with E-state index in [-0.39, 0.29) is 23.7 Å². The second-order valence-electron chi connectivity index (χ2n) is 5.38. The maximum atomic E-state index is 12.3. The minimum Gasteiger partial charge on any atom is -0.496 e. The second kappa shape index (κ2) is 5.20. The van der Waals surface area contributed by atoms with Gasteiger partial charge < -0.3 is 4.74 Å². The van der Waals surface area contributed by atoms with Gasteiger partial charge in [0.1, 0.15) is 5.75 Å². The van der Waals surface area contributed by atoms with Crippen LogP contribution in [0.15, 0.2) is 22.7 Å². The Labute approximate surface area is 126 Å². The third kappa shape index (κ3) is 2.14. The molecule has 0 N–H and O–H groups in total. The van der Waals surface area contributed by atoms with Crippen molar-refractivity contribution in [2.24, 2.45) is 11.8 Å². The molecule has 1 heterocycles. The van der Waals surface area contributed by atoms with E-state index in [9.17, 15) is 9.59 Å². The minimum absolute atomic E-state index is 0.00411. The van der Waals surface area contributed by atoms with E-state index in [4.69, 9.17) is 4.74 Å². The summed E-state index contributed by atoms with van der Waals surface area (Å²) in [7, 11) is 1.61. The SMILES string of the molecule is COc1ccc(CN2C(=O)C3CCCC3C2=O)cc1Br. The van der Waals surface area contributed by atoms with E-state index in [0.717, 1.165) is 35.0 Å². The van der Waals surface area contributed by atoms with Crippen LogP contribution in [0.3, 0.4) is 0 Å². The molecule has 1 saturated carbocycles. The van der Waals surface area contributed by atoms with Crippen LogP contribution in [0.25, 0.3) is 0 Å². The number of imide groups is 1. The van der Waals surface area contributed by atoms with Crippen molar-refractivity contribution in [1.29, 1.82) is 0 Å². The largest absolute Gasteiger partial charge is 0.496 e. The molecule has 1 aromatic carbocycles. The zero-order chi connectivity index (χ0) is 14.3. The number of methoxy groups -OCH3 is 1. The lowest BCUT2D eigenvalue weighted by Crippen LogP contribution is -2.31. The van der Waals surface area contributed by atoms with Crippen molar-refractivity contribution < 1.29 is 14.3 Å². The lowest BCUT2D eigenvalue weighted by molar-refractivity contribution is -0.141. The average Bonchev–Trinajstić information content (AvgIpc) is 2.99. The maximum absolute atomic E-state index is 12.3. The molecule has 1 aliphatic carbocycles. The molecule has 4 nitrogen and oxygen atoms in total. The van der Waals surface area contributed by atoms with Crippen LogP contribution in [0.4, 0.5) is 0 Å². The molecule has 2 atom stereocenters. The van der Waals surface area contributed by atoms with Gasteiger partial charge in [-0.15, -0.1) is 0 Å². The Kier molecular flexibility index (Phi) is 3.54. The van der Waals surface area contributed by atoms with Crippen molar-refractivity contribution in [3.05, 3.63) is 28.2 Å². The first-order valence-electron chi connectivity index (χ1n) is 6.79. The molecule has 5 heteroatoms. The number of hydrogen-bond acceptors (Lipinski definition) is 3. The quantitative estimate of drug-likeness (QED) is 0.796. The highest BCUT2D eigenvalue weighted by molar-refractivity contribution is 9.10. The van der Waals surface area contributed by atoms with Crippen LogP contribution in [-0.4, -0.2) is 23.8 Å². The third-order valence-electron chi connectivity index (χ3n) is 4.24. The fourth-order valence-electron chi connectivity index (χ4n) is 3.21. The van der Waals surface area contributed by atoms with Crippen molar-refractivity contribution in [3.8, 4) is 5.75 Å². The molecule has 2 aliphatic rings. The lowest BCUT2D eigenvalue weighted by Gasteiger charge is -2.16. The molecule has 0 bridgehead atoms. The number of nitrogens with zero attached hydrogens (tertiary/aromatic N) is 1. The van der Waals surface area contributed by atoms with Crippen LogP contribution in [-0.2, 0) is 16.1 Å². The molecule has 1 saturated heterocycles. The highest BCUT2D eigenvalue weighted by Gasteiger charge is 2.49. The third-order valence-corrected chi connectivity index (χ3v) is 4.86. The van der Waals surface area contributed by atoms with Gasteiger partial charge in [-0.05, 0) is 46.5 Å². The van der Waals surface area contributed by atoms with Crippen LogP contribution < -0.4 is 4.74 Å². The van der Waals surface area contributed by atoms with Gasteiger partial charge in [0.15, 0.2) is 0 Å². The summed E-state index contributed by atoms with van der Waals surface area (Å²) in [5.74, 6) is 0.618. The average molecular weight is 338 g/mol. The summed E-state index contributed by atoms with van der Waals surface area (Å²) in [6.45, 7) is 0.354. The van der Waals surface area contributed by atoms with Gasteiger partial charge in [-0.1, -0.05) is 12.5 Å². The van der Waals surface area contributed by atoms with E-state index in [1.165, 1.54) is 4.90 Å². The fourth-order valence-corrected chi connectivity index (χ4v) is 3.79. The molecule has 3 rings (SSSR count). The summed E-state index contributed by atoms with van der Waals surface area (Å²) in [5, 5.41) is 0. The Morgan fingerprint density at radius 2 is 1.90 bits per heavy atom. The van der Waals surface area contributed by atoms with E-state index < -0.39 is 0 Å². The van der Waals surface area contributed by atoms with Gasteiger partial charge >= 0.3 is 0 Å². The van der Waals surface area contributed by atoms with Gasteiger partial charge in [0.2, 0.25) is 11.8 Å². The Morgan fingerprint density at radius 3 is 2.45 bits per heavy atom. The van der Waals surface area contributed by atoms with Gasteiger partial charge in [-0.25, -0.2) is 0 Å². The Bertz CT molecular complexity index is 550. The molecular weight excluding hydrogens is 322 g/mol. The van der Waals surface area contributed by atoms with E-state index in [1.54, 1.807) is 7.11 Å². The van der Waals surface area contributed by atoms with E-state index in [2.05, 4.69) is 15.9 Å². The predicted molar refractivity (Wildman–Crippen MR) is 77.1 cm³/mol. The number of rotatable bonds is 3. The Hall–Kier alpha value is -1.36. The smallest absolute Gasteiger partial charge is 0.233 e. The van der Waals surface area contributed by atoms with Crippen LogP contribution in [0.1, 0.15) is 24.8 Å². The number of carbonyl (C=O) groups is 2. The fraction of sp³-hybridized carbons (Fsp3) is 0.467. The standard InChI is InChI=1S/C15H16BrNO3/c1-20-13-6-5-9(7-12(13)16)8-17-14(18)10-3-2-4-11(10)15(17)19/h5-7,10-11H,2-4,8H2,1H3. The molecule has 106 valence electrons. The molecule has 2 unspecified atom stereocenters. The van der Waals surface area contributed by atoms with E-state index in [1.807, 2.05) is 18.2 Å². The number of likely N-dealkylation sites (tertiary alicyclic amines) is 1. The second-order valence-corrected chi connectivity index (χ2v) is 6.23. The zero-order valence-electron chi connectivity index (χ0n) is 11.3. The molecule has 1 aliphatic heterocycles. The first-order chi connectivity index (χ1) is 9.61. The summed E-state index contributed by atoms with van der Waals surface area (Å²) in [4.78, 5) is 26.0. The summed E-state index contributed by atoms with van der Waals surface area (Å²) in [5.41, 5.74) is 0.930. The summed E-state index contributed by atoms with van der Waals surface area (Å²) in [6.07, 6.45) is 2.71. The molecule has 1 aromatic rings. The van der Waals surface area contributed by atoms with Crippen molar-refractivity contribution in [2.75, 3.05) is 7.11 Å². The molecule has 2 fully saturated rings. The normalized spacial score (nSPS) is 25.2. The number of fused-ring (bicyclic) bond motifs is 1. The maximum Gasteiger partial charge on any atom is 0.233 e. The zero-order valence-corrected chi connectivity index (χ0v) is 12.9. The van der Waals surface area contributed by atoms with Crippen molar-refractivity contribution >= 4 is 27.7 Å². The van der Waals surface area contributed by atoms with Crippen LogP contribution in [0.2, 0.25) is 0 Å². The topological polar surface area (TPSA) is 46.6 Å². The molecule has 0 spiro atoms. The van der Waals surface area contributed by atoms with Crippen LogP contribution in [0, 0.1) is 11.8 Å². The van der Waals surface area contributed by atoms with Gasteiger partial charge in [-0.2, -0.15) is 0 Å². The number of halogens is 1. The van der Waals surface area contributed by atoms with Crippen molar-refractivity contribution in [1.82, 2.24) is 4.90 Å². The summed E-state index contributed by atoms with van der Waals surface area (Å²) in [6, 6.07) is 5.62.